The third-order valence-corrected chi connectivity index (χ3v) is 2.88. The van der Waals surface area contributed by atoms with Gasteiger partial charge in [0.25, 0.3) is 0 Å². The molecule has 0 aromatic heterocycles. The molecule has 0 amide bonds. The molecule has 1 aromatic rings. The van der Waals surface area contributed by atoms with E-state index in [0.29, 0.717) is 5.56 Å². The van der Waals surface area contributed by atoms with E-state index >= 15 is 0 Å². The molecule has 0 atom stereocenters. The van der Waals surface area contributed by atoms with E-state index < -0.39 is 10.0 Å². The quantitative estimate of drug-likeness (QED) is 0.727. The summed E-state index contributed by atoms with van der Waals surface area (Å²) < 4.78 is 22.0. The van der Waals surface area contributed by atoms with Crippen LogP contribution in [0.25, 0.3) is 0 Å². The highest BCUT2D eigenvalue weighted by Gasteiger charge is 2.12. The Kier molecular flexibility index (Phi) is 2.32. The summed E-state index contributed by atoms with van der Waals surface area (Å²) in [5.74, 6) is 0. The molecule has 0 spiro atoms. The summed E-state index contributed by atoms with van der Waals surface area (Å²) in [4.78, 5) is 0.0306. The van der Waals surface area contributed by atoms with Crippen LogP contribution in [-0.2, 0) is 10.0 Å². The lowest BCUT2D eigenvalue weighted by Crippen LogP contribution is -2.13. The number of aryl methyl sites for hydroxylation is 2. The highest BCUT2D eigenvalue weighted by Crippen LogP contribution is 2.21. The molecule has 13 heavy (non-hydrogen) atoms. The number of nitrogens with one attached hydrogen (secondary N) is 1. The van der Waals surface area contributed by atoms with E-state index in [2.05, 4.69) is 0 Å². The van der Waals surface area contributed by atoms with Crippen molar-refractivity contribution < 1.29 is 8.42 Å². The minimum atomic E-state index is -3.69. The topological polar surface area (TPSA) is 84.0 Å². The first kappa shape index (κ1) is 10.0. The maximum atomic E-state index is 11.0. The predicted octanol–water partition coefficient (Wildman–Crippen LogP) is 0.865. The zero-order chi connectivity index (χ0) is 10.2. The first-order valence-electron chi connectivity index (χ1n) is 3.68. The molecule has 0 aliphatic heterocycles. The zero-order valence-electron chi connectivity index (χ0n) is 7.46. The molecule has 4 nitrogen and oxygen atoms in total. The number of sulfonamides is 1. The van der Waals surface area contributed by atoms with Crippen molar-refractivity contribution in [2.75, 3.05) is 0 Å². The fourth-order valence-electron chi connectivity index (χ4n) is 1.14. The van der Waals surface area contributed by atoms with Gasteiger partial charge in [0.2, 0.25) is 10.0 Å². The SMILES string of the molecule is Cc1cc(C)c(S(N)(=O)=O)cc1[NH]. The van der Waals surface area contributed by atoms with Gasteiger partial charge in [-0.25, -0.2) is 13.6 Å². The van der Waals surface area contributed by atoms with E-state index in [4.69, 9.17) is 10.9 Å². The Morgan fingerprint density at radius 1 is 1.23 bits per heavy atom. The zero-order valence-corrected chi connectivity index (χ0v) is 8.27. The minimum Gasteiger partial charge on any atom is -0.301 e. The lowest BCUT2D eigenvalue weighted by Gasteiger charge is -2.06. The van der Waals surface area contributed by atoms with E-state index in [0.717, 1.165) is 5.56 Å². The number of primary sulfonamides is 1. The molecule has 3 N–H and O–H groups in total. The van der Waals surface area contributed by atoms with Crippen LogP contribution in [0.4, 0.5) is 5.69 Å². The van der Waals surface area contributed by atoms with Gasteiger partial charge in [-0.2, -0.15) is 0 Å². The molecular weight excluding hydrogens is 188 g/mol. The standard InChI is InChI=1S/C8H11N2O2S/c1-5-3-6(2)8(4-7(5)9)13(10,11)12/h3-4,9H,1-2H3,(H2,10,11,12). The van der Waals surface area contributed by atoms with Crippen LogP contribution in [0.1, 0.15) is 11.1 Å². The second kappa shape index (κ2) is 3.01. The van der Waals surface area contributed by atoms with Gasteiger partial charge < -0.3 is 5.73 Å². The molecule has 0 aliphatic rings. The third kappa shape index (κ3) is 1.99. The summed E-state index contributed by atoms with van der Waals surface area (Å²) in [6.07, 6.45) is 0. The number of nitrogens with two attached hydrogens (primary N) is 1. The first-order valence-corrected chi connectivity index (χ1v) is 5.22. The number of rotatable bonds is 1. The Labute approximate surface area is 77.6 Å². The Balaban J connectivity index is 3.50. The van der Waals surface area contributed by atoms with E-state index in [1.807, 2.05) is 0 Å². The van der Waals surface area contributed by atoms with Gasteiger partial charge in [-0.1, -0.05) is 6.07 Å². The van der Waals surface area contributed by atoms with Gasteiger partial charge in [-0.3, -0.25) is 0 Å². The van der Waals surface area contributed by atoms with Crippen molar-refractivity contribution >= 4 is 15.7 Å². The largest absolute Gasteiger partial charge is 0.301 e. The monoisotopic (exact) mass is 199 g/mol. The van der Waals surface area contributed by atoms with Crippen molar-refractivity contribution in [1.82, 2.24) is 5.73 Å². The second-order valence-corrected chi connectivity index (χ2v) is 4.51. The molecule has 0 saturated carbocycles. The molecule has 0 bridgehead atoms. The third-order valence-electron chi connectivity index (χ3n) is 1.83. The van der Waals surface area contributed by atoms with Gasteiger partial charge in [0.1, 0.15) is 0 Å². The van der Waals surface area contributed by atoms with Crippen LogP contribution < -0.4 is 10.9 Å². The van der Waals surface area contributed by atoms with Crippen LogP contribution in [0.2, 0.25) is 0 Å². The van der Waals surface area contributed by atoms with Crippen molar-refractivity contribution in [3.8, 4) is 0 Å². The summed E-state index contributed by atoms with van der Waals surface area (Å²) >= 11 is 0. The molecule has 0 heterocycles. The maximum absolute atomic E-state index is 11.0. The smallest absolute Gasteiger partial charge is 0.238 e. The molecule has 1 rings (SSSR count). The molecule has 5 heteroatoms. The van der Waals surface area contributed by atoms with Crippen molar-refractivity contribution in [3.05, 3.63) is 23.3 Å². The number of hydrogen-bond acceptors (Lipinski definition) is 2. The Morgan fingerprint density at radius 3 is 2.23 bits per heavy atom. The molecule has 0 unspecified atom stereocenters. The average Bonchev–Trinajstić information content (AvgIpc) is 1.94. The van der Waals surface area contributed by atoms with Crippen LogP contribution >= 0.6 is 0 Å². The predicted molar refractivity (Wildman–Crippen MR) is 50.0 cm³/mol. The van der Waals surface area contributed by atoms with Gasteiger partial charge in [0.05, 0.1) is 10.6 Å². The molecule has 1 radical (unpaired) electrons. The van der Waals surface area contributed by atoms with Crippen molar-refractivity contribution in [1.29, 1.82) is 0 Å². The van der Waals surface area contributed by atoms with Crippen molar-refractivity contribution in [2.24, 2.45) is 5.14 Å². The molecule has 71 valence electrons. The average molecular weight is 199 g/mol. The number of hydrogen-bond donors (Lipinski definition) is 1. The molecule has 0 aliphatic carbocycles. The summed E-state index contributed by atoms with van der Waals surface area (Å²) in [5.41, 5.74) is 8.93. The number of benzene rings is 1. The molecule has 0 fully saturated rings. The van der Waals surface area contributed by atoms with E-state index in [1.165, 1.54) is 6.07 Å². The fraction of sp³-hybridized carbons (Fsp3) is 0.250. The van der Waals surface area contributed by atoms with Crippen LogP contribution in [0, 0.1) is 13.8 Å². The highest BCUT2D eigenvalue weighted by molar-refractivity contribution is 7.89. The van der Waals surface area contributed by atoms with Crippen LogP contribution in [0.3, 0.4) is 0 Å². The Hall–Kier alpha value is -1.07. The maximum Gasteiger partial charge on any atom is 0.238 e. The lowest BCUT2D eigenvalue weighted by molar-refractivity contribution is 0.597. The Morgan fingerprint density at radius 2 is 1.77 bits per heavy atom. The van der Waals surface area contributed by atoms with Gasteiger partial charge in [-0.05, 0) is 31.0 Å². The fourth-order valence-corrected chi connectivity index (χ4v) is 1.93. The second-order valence-electron chi connectivity index (χ2n) is 2.98. The van der Waals surface area contributed by atoms with E-state index in [9.17, 15) is 8.42 Å². The minimum absolute atomic E-state index is 0.0306. The van der Waals surface area contributed by atoms with E-state index in [-0.39, 0.29) is 10.6 Å². The summed E-state index contributed by atoms with van der Waals surface area (Å²) in [5, 5.41) is 4.97. The van der Waals surface area contributed by atoms with Crippen molar-refractivity contribution in [3.63, 3.8) is 0 Å². The van der Waals surface area contributed by atoms with Crippen LogP contribution in [0.15, 0.2) is 17.0 Å². The summed E-state index contributed by atoms with van der Waals surface area (Å²) in [6.45, 7) is 3.41. The van der Waals surface area contributed by atoms with Gasteiger partial charge in [0.15, 0.2) is 0 Å². The lowest BCUT2D eigenvalue weighted by atomic mass is 10.1. The van der Waals surface area contributed by atoms with Crippen LogP contribution in [-0.4, -0.2) is 8.42 Å². The van der Waals surface area contributed by atoms with Gasteiger partial charge in [0, 0.05) is 0 Å². The normalized spacial score (nSPS) is 11.6. The first-order chi connectivity index (χ1) is 5.82. The molecule has 1 aromatic carbocycles. The summed E-state index contributed by atoms with van der Waals surface area (Å²) in [7, 11) is -3.69. The van der Waals surface area contributed by atoms with Crippen molar-refractivity contribution in [2.45, 2.75) is 18.7 Å². The Bertz CT molecular complexity index is 438. The highest BCUT2D eigenvalue weighted by atomic mass is 32.2. The summed E-state index contributed by atoms with van der Waals surface area (Å²) in [6, 6.07) is 2.92. The van der Waals surface area contributed by atoms with Gasteiger partial charge in [-0.15, -0.1) is 0 Å². The van der Waals surface area contributed by atoms with Gasteiger partial charge >= 0.3 is 0 Å². The molecule has 0 saturated heterocycles. The molecular formula is C8H11N2O2S. The van der Waals surface area contributed by atoms with Crippen LogP contribution in [0.5, 0.6) is 0 Å². The van der Waals surface area contributed by atoms with E-state index in [1.54, 1.807) is 19.9 Å².